The number of aromatic nitrogens is 2. The summed E-state index contributed by atoms with van der Waals surface area (Å²) in [6.45, 7) is 1.46. The lowest BCUT2D eigenvalue weighted by Crippen LogP contribution is -2.40. The van der Waals surface area contributed by atoms with E-state index >= 15 is 0 Å². The summed E-state index contributed by atoms with van der Waals surface area (Å²) >= 11 is 0. The second-order valence-electron chi connectivity index (χ2n) is 6.94. The Hall–Kier alpha value is -3.28. The van der Waals surface area contributed by atoms with Crippen LogP contribution in [0.5, 0.6) is 0 Å². The van der Waals surface area contributed by atoms with Crippen LogP contribution in [-0.2, 0) is 0 Å². The zero-order valence-corrected chi connectivity index (χ0v) is 14.8. The number of rotatable bonds is 4. The highest BCUT2D eigenvalue weighted by molar-refractivity contribution is 5.97. The molecule has 6 nitrogen and oxygen atoms in total. The highest BCUT2D eigenvalue weighted by Crippen LogP contribution is 2.28. The van der Waals surface area contributed by atoms with Crippen LogP contribution in [0.2, 0.25) is 0 Å². The van der Waals surface area contributed by atoms with E-state index in [-0.39, 0.29) is 11.9 Å². The zero-order valence-electron chi connectivity index (χ0n) is 14.8. The molecule has 2 N–H and O–H groups in total. The summed E-state index contributed by atoms with van der Waals surface area (Å²) in [6.07, 6.45) is 3.95. The van der Waals surface area contributed by atoms with Gasteiger partial charge in [0, 0.05) is 30.4 Å². The fourth-order valence-electron chi connectivity index (χ4n) is 3.78. The molecule has 0 aliphatic carbocycles. The third-order valence-electron chi connectivity index (χ3n) is 5.22. The van der Waals surface area contributed by atoms with Gasteiger partial charge in [-0.2, -0.15) is 4.98 Å². The van der Waals surface area contributed by atoms with Crippen LogP contribution in [0.3, 0.4) is 0 Å². The predicted molar refractivity (Wildman–Crippen MR) is 105 cm³/mol. The first-order chi connectivity index (χ1) is 13.3. The second kappa shape index (κ2) is 6.46. The summed E-state index contributed by atoms with van der Waals surface area (Å²) in [5.74, 6) is -0.0593. The molecule has 1 amide bonds. The van der Waals surface area contributed by atoms with Crippen molar-refractivity contribution in [1.82, 2.24) is 15.3 Å². The summed E-state index contributed by atoms with van der Waals surface area (Å²) in [7, 11) is 0. The Bertz CT molecular complexity index is 1080. The fraction of sp³-hybridized carbons (Fsp3) is 0.238. The number of benzene rings is 2. The Labute approximate surface area is 156 Å². The molecule has 4 aromatic rings. The number of H-pyrrole nitrogens is 1. The van der Waals surface area contributed by atoms with Crippen molar-refractivity contribution in [3.05, 3.63) is 60.3 Å². The molecular weight excluding hydrogens is 340 g/mol. The van der Waals surface area contributed by atoms with Gasteiger partial charge in [0.05, 0.1) is 6.04 Å². The number of fused-ring (bicyclic) bond motifs is 2. The van der Waals surface area contributed by atoms with E-state index in [1.54, 1.807) is 0 Å². The number of hydrogen-bond acceptors (Lipinski definition) is 4. The van der Waals surface area contributed by atoms with Gasteiger partial charge in [-0.15, -0.1) is 0 Å². The lowest BCUT2D eigenvalue weighted by molar-refractivity contribution is 0.0951. The summed E-state index contributed by atoms with van der Waals surface area (Å²) < 4.78 is 5.91. The Morgan fingerprint density at radius 2 is 2.19 bits per heavy atom. The van der Waals surface area contributed by atoms with Crippen molar-refractivity contribution in [2.45, 2.75) is 18.9 Å². The molecule has 2 aromatic carbocycles. The van der Waals surface area contributed by atoms with Gasteiger partial charge < -0.3 is 19.6 Å². The Morgan fingerprint density at radius 1 is 1.26 bits per heavy atom. The highest BCUT2D eigenvalue weighted by atomic mass is 16.4. The maximum Gasteiger partial charge on any atom is 0.298 e. The van der Waals surface area contributed by atoms with Crippen LogP contribution in [-0.4, -0.2) is 35.0 Å². The third-order valence-corrected chi connectivity index (χ3v) is 5.22. The van der Waals surface area contributed by atoms with Crippen LogP contribution >= 0.6 is 0 Å². The maximum absolute atomic E-state index is 12.6. The molecule has 1 saturated heterocycles. The Balaban J connectivity index is 1.30. The van der Waals surface area contributed by atoms with Gasteiger partial charge in [0.1, 0.15) is 5.52 Å². The lowest BCUT2D eigenvalue weighted by atomic mass is 10.1. The van der Waals surface area contributed by atoms with E-state index < -0.39 is 0 Å². The summed E-state index contributed by atoms with van der Waals surface area (Å²) in [6, 6.07) is 16.3. The first-order valence-electron chi connectivity index (χ1n) is 9.25. The molecule has 1 aliphatic heterocycles. The summed E-state index contributed by atoms with van der Waals surface area (Å²) in [5, 5.41) is 4.17. The number of nitrogens with zero attached hydrogens (tertiary/aromatic N) is 2. The smallest absolute Gasteiger partial charge is 0.298 e. The van der Waals surface area contributed by atoms with E-state index in [0.29, 0.717) is 18.1 Å². The van der Waals surface area contributed by atoms with Crippen LogP contribution in [0, 0.1) is 0 Å². The number of anilines is 1. The van der Waals surface area contributed by atoms with Gasteiger partial charge in [0.15, 0.2) is 5.58 Å². The standard InChI is InChI=1S/C21H20N4O2/c26-20(15-8-7-14-9-10-22-18(14)12-15)23-13-16-4-3-11-25(16)21-24-17-5-1-2-6-19(17)27-21/h1-2,5-10,12,16,22H,3-4,11,13H2,(H,23,26)/t16-/m0/s1. The van der Waals surface area contributed by atoms with Gasteiger partial charge >= 0.3 is 0 Å². The van der Waals surface area contributed by atoms with Crippen molar-refractivity contribution < 1.29 is 9.21 Å². The molecule has 136 valence electrons. The van der Waals surface area contributed by atoms with Gasteiger partial charge in [-0.25, -0.2) is 0 Å². The van der Waals surface area contributed by atoms with Crippen molar-refractivity contribution in [1.29, 1.82) is 0 Å². The van der Waals surface area contributed by atoms with Gasteiger partial charge in [-0.1, -0.05) is 18.2 Å². The molecule has 1 fully saturated rings. The minimum Gasteiger partial charge on any atom is -0.423 e. The molecule has 5 rings (SSSR count). The lowest BCUT2D eigenvalue weighted by Gasteiger charge is -2.23. The number of carbonyl (C=O) groups is 1. The minimum atomic E-state index is -0.0593. The molecule has 27 heavy (non-hydrogen) atoms. The molecular formula is C21H20N4O2. The number of aromatic amines is 1. The van der Waals surface area contributed by atoms with Crippen LogP contribution in [0.4, 0.5) is 6.01 Å². The number of para-hydroxylation sites is 2. The first-order valence-corrected chi connectivity index (χ1v) is 9.25. The highest BCUT2D eigenvalue weighted by Gasteiger charge is 2.28. The molecule has 0 saturated carbocycles. The van der Waals surface area contributed by atoms with Crippen molar-refractivity contribution in [3.8, 4) is 0 Å². The molecule has 0 spiro atoms. The van der Waals surface area contributed by atoms with Crippen molar-refractivity contribution in [2.75, 3.05) is 18.0 Å². The van der Waals surface area contributed by atoms with Crippen LogP contribution < -0.4 is 10.2 Å². The van der Waals surface area contributed by atoms with E-state index in [4.69, 9.17) is 4.42 Å². The van der Waals surface area contributed by atoms with Gasteiger partial charge in [-0.3, -0.25) is 4.79 Å². The SMILES string of the molecule is O=C(NC[C@@H]1CCCN1c1nc2ccccc2o1)c1ccc2cc[nH]c2c1. The molecule has 2 aromatic heterocycles. The number of amides is 1. The summed E-state index contributed by atoms with van der Waals surface area (Å²) in [4.78, 5) is 22.5. The average molecular weight is 360 g/mol. The van der Waals surface area contributed by atoms with Crippen LogP contribution in [0.25, 0.3) is 22.0 Å². The third kappa shape index (κ3) is 2.93. The van der Waals surface area contributed by atoms with Gasteiger partial charge in [0.2, 0.25) is 0 Å². The molecule has 3 heterocycles. The van der Waals surface area contributed by atoms with E-state index in [9.17, 15) is 4.79 Å². The van der Waals surface area contributed by atoms with E-state index in [1.807, 2.05) is 54.7 Å². The topological polar surface area (TPSA) is 74.2 Å². The van der Waals surface area contributed by atoms with Crippen molar-refractivity contribution in [2.24, 2.45) is 0 Å². The maximum atomic E-state index is 12.6. The Kier molecular flexibility index (Phi) is 3.81. The van der Waals surface area contributed by atoms with E-state index in [1.165, 1.54) is 0 Å². The Morgan fingerprint density at radius 3 is 3.11 bits per heavy atom. The number of nitrogens with one attached hydrogen (secondary N) is 2. The van der Waals surface area contributed by atoms with Gasteiger partial charge in [0.25, 0.3) is 11.9 Å². The fourth-order valence-corrected chi connectivity index (χ4v) is 3.78. The molecule has 0 bridgehead atoms. The number of carbonyl (C=O) groups excluding carboxylic acids is 1. The first kappa shape index (κ1) is 15.9. The van der Waals surface area contributed by atoms with Crippen molar-refractivity contribution in [3.63, 3.8) is 0 Å². The zero-order chi connectivity index (χ0) is 18.2. The molecule has 1 aliphatic rings. The monoisotopic (exact) mass is 360 g/mol. The average Bonchev–Trinajstić information content (AvgIpc) is 3.43. The quantitative estimate of drug-likeness (QED) is 0.582. The second-order valence-corrected chi connectivity index (χ2v) is 6.94. The van der Waals surface area contributed by atoms with E-state index in [0.717, 1.165) is 41.4 Å². The molecule has 1 atom stereocenters. The van der Waals surface area contributed by atoms with Crippen molar-refractivity contribution >= 4 is 33.9 Å². The largest absolute Gasteiger partial charge is 0.423 e. The summed E-state index contributed by atoms with van der Waals surface area (Å²) in [5.41, 5.74) is 3.29. The predicted octanol–water partition coefficient (Wildman–Crippen LogP) is 3.71. The van der Waals surface area contributed by atoms with Crippen LogP contribution in [0.15, 0.2) is 59.1 Å². The molecule has 0 radical (unpaired) electrons. The molecule has 6 heteroatoms. The molecule has 0 unspecified atom stereocenters. The number of hydrogen-bond donors (Lipinski definition) is 2. The van der Waals surface area contributed by atoms with E-state index in [2.05, 4.69) is 20.2 Å². The van der Waals surface area contributed by atoms with Gasteiger partial charge in [-0.05, 0) is 48.6 Å². The number of oxazole rings is 1. The minimum absolute atomic E-state index is 0.0593. The van der Waals surface area contributed by atoms with Crippen LogP contribution in [0.1, 0.15) is 23.2 Å². The normalized spacial score (nSPS) is 17.0.